The maximum Gasteiger partial charge on any atom is 0.135 e. The van der Waals surface area contributed by atoms with Crippen LogP contribution in [0.4, 0.5) is 0 Å². The normalized spacial score (nSPS) is 31.2. The molecule has 1 saturated heterocycles. The molecule has 2 atom stereocenters. The first kappa shape index (κ1) is 7.98. The number of hydrogen-bond acceptors (Lipinski definition) is 3. The molecule has 0 saturated carbocycles. The van der Waals surface area contributed by atoms with E-state index in [0.717, 1.165) is 0 Å². The molecule has 1 aliphatic heterocycles. The lowest BCUT2D eigenvalue weighted by molar-refractivity contribution is 0.271. The fraction of sp³-hybridized carbons (Fsp3) is 1.00. The SMILES string of the molecule is CC(C)C1OC1NCCO. The smallest absolute Gasteiger partial charge is 0.135 e. The molecule has 0 spiro atoms. The van der Waals surface area contributed by atoms with Gasteiger partial charge >= 0.3 is 0 Å². The van der Waals surface area contributed by atoms with Crippen LogP contribution in [0, 0.1) is 5.92 Å². The van der Waals surface area contributed by atoms with Crippen LogP contribution in [-0.4, -0.2) is 30.6 Å². The van der Waals surface area contributed by atoms with Gasteiger partial charge in [-0.3, -0.25) is 5.32 Å². The molecule has 1 fully saturated rings. The van der Waals surface area contributed by atoms with Crippen molar-refractivity contribution in [2.24, 2.45) is 5.92 Å². The van der Waals surface area contributed by atoms with E-state index >= 15 is 0 Å². The lowest BCUT2D eigenvalue weighted by atomic mass is 10.1. The highest BCUT2D eigenvalue weighted by molar-refractivity contribution is 4.84. The molecular formula is C7H15NO2. The van der Waals surface area contributed by atoms with E-state index in [0.29, 0.717) is 18.6 Å². The standard InChI is InChI=1S/C7H15NO2/c1-5(2)6-7(10-6)8-3-4-9/h5-9H,3-4H2,1-2H3. The summed E-state index contributed by atoms with van der Waals surface area (Å²) in [5.74, 6) is 0.580. The number of ether oxygens (including phenoxy) is 1. The molecule has 0 amide bonds. The molecule has 0 aliphatic carbocycles. The van der Waals surface area contributed by atoms with E-state index in [9.17, 15) is 0 Å². The van der Waals surface area contributed by atoms with Crippen molar-refractivity contribution in [3.05, 3.63) is 0 Å². The van der Waals surface area contributed by atoms with Crippen molar-refractivity contribution in [1.82, 2.24) is 5.32 Å². The molecule has 2 unspecified atom stereocenters. The Hall–Kier alpha value is -0.120. The van der Waals surface area contributed by atoms with Gasteiger partial charge in [-0.25, -0.2) is 0 Å². The Morgan fingerprint density at radius 3 is 2.70 bits per heavy atom. The van der Waals surface area contributed by atoms with Crippen LogP contribution in [0.2, 0.25) is 0 Å². The Bertz CT molecular complexity index is 106. The van der Waals surface area contributed by atoms with Gasteiger partial charge in [-0.1, -0.05) is 13.8 Å². The van der Waals surface area contributed by atoms with Crippen molar-refractivity contribution in [3.8, 4) is 0 Å². The average molecular weight is 145 g/mol. The van der Waals surface area contributed by atoms with Crippen LogP contribution in [0.5, 0.6) is 0 Å². The topological polar surface area (TPSA) is 44.8 Å². The molecule has 0 bridgehead atoms. The van der Waals surface area contributed by atoms with E-state index in [4.69, 9.17) is 9.84 Å². The van der Waals surface area contributed by atoms with Gasteiger partial charge in [0.2, 0.25) is 0 Å². The zero-order chi connectivity index (χ0) is 7.56. The molecule has 1 rings (SSSR count). The molecule has 60 valence electrons. The number of hydrogen-bond donors (Lipinski definition) is 2. The fourth-order valence-corrected chi connectivity index (χ4v) is 1.00. The van der Waals surface area contributed by atoms with Gasteiger partial charge in [0.05, 0.1) is 6.61 Å². The van der Waals surface area contributed by atoms with Gasteiger partial charge in [0.1, 0.15) is 12.3 Å². The zero-order valence-electron chi connectivity index (χ0n) is 6.50. The molecule has 0 aromatic heterocycles. The highest BCUT2D eigenvalue weighted by Gasteiger charge is 2.40. The molecule has 0 aromatic rings. The second-order valence-corrected chi connectivity index (χ2v) is 2.94. The lowest BCUT2D eigenvalue weighted by Crippen LogP contribution is -2.24. The maximum atomic E-state index is 8.45. The van der Waals surface area contributed by atoms with Crippen LogP contribution >= 0.6 is 0 Å². The number of aliphatic hydroxyl groups excluding tert-OH is 1. The molecule has 0 radical (unpaired) electrons. The Morgan fingerprint density at radius 1 is 1.60 bits per heavy atom. The van der Waals surface area contributed by atoms with Crippen molar-refractivity contribution in [2.45, 2.75) is 26.2 Å². The molecule has 2 N–H and O–H groups in total. The van der Waals surface area contributed by atoms with E-state index in [1.807, 2.05) is 0 Å². The van der Waals surface area contributed by atoms with Gasteiger partial charge in [0, 0.05) is 6.54 Å². The van der Waals surface area contributed by atoms with Gasteiger partial charge in [0.25, 0.3) is 0 Å². The minimum Gasteiger partial charge on any atom is -0.395 e. The van der Waals surface area contributed by atoms with Crippen LogP contribution in [0.15, 0.2) is 0 Å². The summed E-state index contributed by atoms with van der Waals surface area (Å²) in [6.07, 6.45) is 0.568. The first-order valence-corrected chi connectivity index (χ1v) is 3.75. The van der Waals surface area contributed by atoms with Gasteiger partial charge in [-0.15, -0.1) is 0 Å². The van der Waals surface area contributed by atoms with Gasteiger partial charge in [-0.05, 0) is 5.92 Å². The Balaban J connectivity index is 2.02. The Kier molecular flexibility index (Phi) is 2.65. The Labute approximate surface area is 61.4 Å². The predicted molar refractivity (Wildman–Crippen MR) is 38.6 cm³/mol. The summed E-state index contributed by atoms with van der Waals surface area (Å²) in [6, 6.07) is 0. The molecular weight excluding hydrogens is 130 g/mol. The highest BCUT2D eigenvalue weighted by atomic mass is 16.6. The summed E-state index contributed by atoms with van der Waals surface area (Å²) >= 11 is 0. The highest BCUT2D eigenvalue weighted by Crippen LogP contribution is 2.26. The summed E-state index contributed by atoms with van der Waals surface area (Å²) in [6.45, 7) is 5.08. The molecule has 3 nitrogen and oxygen atoms in total. The van der Waals surface area contributed by atoms with Crippen molar-refractivity contribution < 1.29 is 9.84 Å². The van der Waals surface area contributed by atoms with Gasteiger partial charge < -0.3 is 9.84 Å². The van der Waals surface area contributed by atoms with Crippen molar-refractivity contribution >= 4 is 0 Å². The summed E-state index contributed by atoms with van der Waals surface area (Å²) < 4.78 is 5.26. The summed E-state index contributed by atoms with van der Waals surface area (Å²) in [7, 11) is 0. The monoisotopic (exact) mass is 145 g/mol. The molecule has 1 aliphatic rings. The van der Waals surface area contributed by atoms with Crippen molar-refractivity contribution in [1.29, 1.82) is 0 Å². The molecule has 1 heterocycles. The third-order valence-corrected chi connectivity index (χ3v) is 1.64. The third kappa shape index (κ3) is 1.94. The van der Waals surface area contributed by atoms with Crippen molar-refractivity contribution in [3.63, 3.8) is 0 Å². The first-order chi connectivity index (χ1) is 4.75. The van der Waals surface area contributed by atoms with Crippen LogP contribution in [0.1, 0.15) is 13.8 Å². The number of aliphatic hydroxyl groups is 1. The number of epoxide rings is 1. The van der Waals surface area contributed by atoms with Crippen LogP contribution in [-0.2, 0) is 4.74 Å². The van der Waals surface area contributed by atoms with E-state index in [-0.39, 0.29) is 12.8 Å². The largest absolute Gasteiger partial charge is 0.395 e. The summed E-state index contributed by atoms with van der Waals surface area (Å²) in [5, 5.41) is 11.5. The zero-order valence-corrected chi connectivity index (χ0v) is 6.50. The molecule has 0 aromatic carbocycles. The van der Waals surface area contributed by atoms with E-state index in [1.165, 1.54) is 0 Å². The third-order valence-electron chi connectivity index (χ3n) is 1.64. The first-order valence-electron chi connectivity index (χ1n) is 3.75. The molecule has 3 heteroatoms. The second-order valence-electron chi connectivity index (χ2n) is 2.94. The van der Waals surface area contributed by atoms with Crippen LogP contribution in [0.25, 0.3) is 0 Å². The quantitative estimate of drug-likeness (QED) is 0.545. The lowest BCUT2D eigenvalue weighted by Gasteiger charge is -1.98. The minimum absolute atomic E-state index is 0.185. The van der Waals surface area contributed by atoms with E-state index in [2.05, 4.69) is 19.2 Å². The minimum atomic E-state index is 0.185. The van der Waals surface area contributed by atoms with Crippen LogP contribution in [0.3, 0.4) is 0 Å². The number of nitrogens with one attached hydrogen (secondary N) is 1. The fourth-order valence-electron chi connectivity index (χ4n) is 1.00. The maximum absolute atomic E-state index is 8.45. The van der Waals surface area contributed by atoms with E-state index < -0.39 is 0 Å². The van der Waals surface area contributed by atoms with Crippen molar-refractivity contribution in [2.75, 3.05) is 13.2 Å². The van der Waals surface area contributed by atoms with Crippen LogP contribution < -0.4 is 5.32 Å². The van der Waals surface area contributed by atoms with Gasteiger partial charge in [-0.2, -0.15) is 0 Å². The van der Waals surface area contributed by atoms with E-state index in [1.54, 1.807) is 0 Å². The second kappa shape index (κ2) is 3.32. The summed E-state index contributed by atoms with van der Waals surface area (Å²) in [5.41, 5.74) is 0. The molecule has 10 heavy (non-hydrogen) atoms. The predicted octanol–water partition coefficient (Wildman–Crippen LogP) is -0.0508. The van der Waals surface area contributed by atoms with Gasteiger partial charge in [0.15, 0.2) is 0 Å². The Morgan fingerprint density at radius 2 is 2.30 bits per heavy atom. The summed E-state index contributed by atoms with van der Waals surface area (Å²) in [4.78, 5) is 0. The average Bonchev–Trinajstić information content (AvgIpc) is 2.62. The number of rotatable bonds is 4.